The summed E-state index contributed by atoms with van der Waals surface area (Å²) in [6.45, 7) is 6.54. The normalized spacial score (nSPS) is 30.5. The molecule has 72 valence electrons. The molecule has 0 aromatic heterocycles. The molecular formula is C9H19NO2. The van der Waals surface area contributed by atoms with Gasteiger partial charge in [-0.3, -0.25) is 4.90 Å². The van der Waals surface area contributed by atoms with Gasteiger partial charge in [-0.25, -0.2) is 0 Å². The summed E-state index contributed by atoms with van der Waals surface area (Å²) in [5.41, 5.74) is 0. The van der Waals surface area contributed by atoms with E-state index in [2.05, 4.69) is 18.7 Å². The van der Waals surface area contributed by atoms with Gasteiger partial charge in [0, 0.05) is 6.54 Å². The zero-order valence-corrected chi connectivity index (χ0v) is 8.16. The molecule has 1 rings (SSSR count). The molecule has 0 aromatic carbocycles. The first-order chi connectivity index (χ1) is 5.61. The fourth-order valence-corrected chi connectivity index (χ4v) is 1.66. The van der Waals surface area contributed by atoms with Crippen LogP contribution in [-0.2, 0) is 4.74 Å². The SMILES string of the molecule is CC(C)CN(C)[C@@H]1COC[C@H]1O. The molecule has 0 saturated carbocycles. The fraction of sp³-hybridized carbons (Fsp3) is 1.00. The smallest absolute Gasteiger partial charge is 0.0950 e. The first kappa shape index (κ1) is 9.96. The van der Waals surface area contributed by atoms with Gasteiger partial charge in [0.2, 0.25) is 0 Å². The predicted octanol–water partition coefficient (Wildman–Crippen LogP) is 0.334. The van der Waals surface area contributed by atoms with E-state index in [0.717, 1.165) is 6.54 Å². The lowest BCUT2D eigenvalue weighted by Gasteiger charge is -2.26. The molecule has 1 N–H and O–H groups in total. The van der Waals surface area contributed by atoms with E-state index in [4.69, 9.17) is 4.74 Å². The number of rotatable bonds is 3. The van der Waals surface area contributed by atoms with E-state index in [1.54, 1.807) is 0 Å². The van der Waals surface area contributed by atoms with Crippen LogP contribution in [0.4, 0.5) is 0 Å². The van der Waals surface area contributed by atoms with Crippen molar-refractivity contribution < 1.29 is 9.84 Å². The van der Waals surface area contributed by atoms with Crippen LogP contribution in [0.25, 0.3) is 0 Å². The molecule has 0 aromatic rings. The molecule has 0 aliphatic carbocycles. The van der Waals surface area contributed by atoms with Crippen LogP contribution in [0.5, 0.6) is 0 Å². The van der Waals surface area contributed by atoms with Crippen molar-refractivity contribution in [2.75, 3.05) is 26.8 Å². The number of ether oxygens (including phenoxy) is 1. The second-order valence-corrected chi connectivity index (χ2v) is 4.01. The molecule has 1 aliphatic heterocycles. The van der Waals surface area contributed by atoms with E-state index in [0.29, 0.717) is 19.1 Å². The summed E-state index contributed by atoms with van der Waals surface area (Å²) in [6, 6.07) is 0.201. The molecule has 1 aliphatic rings. The van der Waals surface area contributed by atoms with Crippen LogP contribution in [0.1, 0.15) is 13.8 Å². The molecule has 12 heavy (non-hydrogen) atoms. The Morgan fingerprint density at radius 2 is 2.17 bits per heavy atom. The van der Waals surface area contributed by atoms with Crippen molar-refractivity contribution in [2.24, 2.45) is 5.92 Å². The number of hydrogen-bond donors (Lipinski definition) is 1. The second-order valence-electron chi connectivity index (χ2n) is 4.01. The van der Waals surface area contributed by atoms with Crippen LogP contribution in [0.15, 0.2) is 0 Å². The lowest BCUT2D eigenvalue weighted by molar-refractivity contribution is 0.0904. The maximum atomic E-state index is 9.51. The Morgan fingerprint density at radius 3 is 2.58 bits per heavy atom. The number of hydrogen-bond acceptors (Lipinski definition) is 3. The Balaban J connectivity index is 2.35. The van der Waals surface area contributed by atoms with Gasteiger partial charge >= 0.3 is 0 Å². The first-order valence-corrected chi connectivity index (χ1v) is 4.57. The minimum atomic E-state index is -0.297. The molecule has 1 fully saturated rings. The second kappa shape index (κ2) is 4.21. The van der Waals surface area contributed by atoms with Crippen LogP contribution in [-0.4, -0.2) is 49.0 Å². The first-order valence-electron chi connectivity index (χ1n) is 4.57. The minimum Gasteiger partial charge on any atom is -0.389 e. The highest BCUT2D eigenvalue weighted by molar-refractivity contribution is 4.81. The summed E-state index contributed by atoms with van der Waals surface area (Å²) in [5.74, 6) is 0.641. The van der Waals surface area contributed by atoms with Crippen LogP contribution >= 0.6 is 0 Å². The third-order valence-corrected chi connectivity index (χ3v) is 2.24. The number of aliphatic hydroxyl groups excluding tert-OH is 1. The van der Waals surface area contributed by atoms with Gasteiger partial charge in [-0.2, -0.15) is 0 Å². The van der Waals surface area contributed by atoms with Crippen molar-refractivity contribution in [1.82, 2.24) is 4.90 Å². The zero-order chi connectivity index (χ0) is 9.14. The third-order valence-electron chi connectivity index (χ3n) is 2.24. The van der Waals surface area contributed by atoms with Gasteiger partial charge in [0.25, 0.3) is 0 Å². The standard InChI is InChI=1S/C9H19NO2/c1-7(2)4-10(3)8-5-12-6-9(8)11/h7-9,11H,4-6H2,1-3H3/t8-,9-/m1/s1. The predicted molar refractivity (Wildman–Crippen MR) is 48.1 cm³/mol. The maximum absolute atomic E-state index is 9.51. The van der Waals surface area contributed by atoms with Gasteiger partial charge in [-0.1, -0.05) is 13.8 Å². The Bertz CT molecular complexity index is 138. The van der Waals surface area contributed by atoms with E-state index in [1.807, 2.05) is 7.05 Å². The molecule has 3 nitrogen and oxygen atoms in total. The Hall–Kier alpha value is -0.120. The summed E-state index contributed by atoms with van der Waals surface area (Å²) in [5, 5.41) is 9.51. The lowest BCUT2D eigenvalue weighted by Crippen LogP contribution is -2.42. The Labute approximate surface area is 74.3 Å². The van der Waals surface area contributed by atoms with Crippen molar-refractivity contribution in [1.29, 1.82) is 0 Å². The topological polar surface area (TPSA) is 32.7 Å². The van der Waals surface area contributed by atoms with E-state index in [9.17, 15) is 5.11 Å². The molecule has 0 amide bonds. The van der Waals surface area contributed by atoms with E-state index in [1.165, 1.54) is 0 Å². The van der Waals surface area contributed by atoms with Crippen LogP contribution in [0.2, 0.25) is 0 Å². The lowest BCUT2D eigenvalue weighted by atomic mass is 10.1. The fourth-order valence-electron chi connectivity index (χ4n) is 1.66. The summed E-state index contributed by atoms with van der Waals surface area (Å²) >= 11 is 0. The van der Waals surface area contributed by atoms with Crippen molar-refractivity contribution >= 4 is 0 Å². The summed E-state index contributed by atoms with van der Waals surface area (Å²) in [7, 11) is 2.04. The van der Waals surface area contributed by atoms with Crippen molar-refractivity contribution in [3.05, 3.63) is 0 Å². The number of nitrogens with zero attached hydrogens (tertiary/aromatic N) is 1. The molecule has 1 heterocycles. The van der Waals surface area contributed by atoms with Gasteiger partial charge in [0.1, 0.15) is 0 Å². The van der Waals surface area contributed by atoms with Crippen LogP contribution in [0, 0.1) is 5.92 Å². The highest BCUT2D eigenvalue weighted by atomic mass is 16.5. The van der Waals surface area contributed by atoms with Gasteiger partial charge in [0.05, 0.1) is 25.4 Å². The van der Waals surface area contributed by atoms with Gasteiger partial charge in [0.15, 0.2) is 0 Å². The van der Waals surface area contributed by atoms with E-state index < -0.39 is 0 Å². The molecule has 0 radical (unpaired) electrons. The average molecular weight is 173 g/mol. The highest BCUT2D eigenvalue weighted by Crippen LogP contribution is 2.12. The molecule has 0 unspecified atom stereocenters. The Kier molecular flexibility index (Phi) is 3.50. The van der Waals surface area contributed by atoms with Crippen LogP contribution < -0.4 is 0 Å². The van der Waals surface area contributed by atoms with Crippen LogP contribution in [0.3, 0.4) is 0 Å². The summed E-state index contributed by atoms with van der Waals surface area (Å²) < 4.78 is 5.18. The van der Waals surface area contributed by atoms with Gasteiger partial charge in [-0.15, -0.1) is 0 Å². The number of likely N-dealkylation sites (N-methyl/N-ethyl adjacent to an activating group) is 1. The quantitative estimate of drug-likeness (QED) is 0.668. The molecule has 3 heteroatoms. The van der Waals surface area contributed by atoms with E-state index in [-0.39, 0.29) is 12.1 Å². The average Bonchev–Trinajstić information content (AvgIpc) is 2.33. The highest BCUT2D eigenvalue weighted by Gasteiger charge is 2.29. The van der Waals surface area contributed by atoms with Gasteiger partial charge < -0.3 is 9.84 Å². The number of aliphatic hydroxyl groups is 1. The summed E-state index contributed by atoms with van der Waals surface area (Å²) in [6.07, 6.45) is -0.297. The molecule has 2 atom stereocenters. The van der Waals surface area contributed by atoms with Crippen molar-refractivity contribution in [2.45, 2.75) is 26.0 Å². The molecule has 1 saturated heterocycles. The van der Waals surface area contributed by atoms with Crippen molar-refractivity contribution in [3.63, 3.8) is 0 Å². The monoisotopic (exact) mass is 173 g/mol. The summed E-state index contributed by atoms with van der Waals surface area (Å²) in [4.78, 5) is 2.18. The minimum absolute atomic E-state index is 0.201. The molecule has 0 bridgehead atoms. The molecule has 0 spiro atoms. The maximum Gasteiger partial charge on any atom is 0.0950 e. The zero-order valence-electron chi connectivity index (χ0n) is 8.16. The Morgan fingerprint density at radius 1 is 1.50 bits per heavy atom. The van der Waals surface area contributed by atoms with E-state index >= 15 is 0 Å². The largest absolute Gasteiger partial charge is 0.389 e. The molecular weight excluding hydrogens is 154 g/mol. The van der Waals surface area contributed by atoms with Crippen molar-refractivity contribution in [3.8, 4) is 0 Å². The third kappa shape index (κ3) is 2.44. The van der Waals surface area contributed by atoms with Gasteiger partial charge in [-0.05, 0) is 13.0 Å².